The van der Waals surface area contributed by atoms with Gasteiger partial charge in [0.05, 0.1) is 10.8 Å². The Hall–Kier alpha value is -1.64. The molecular formula is C8H3NO2. The summed E-state index contributed by atoms with van der Waals surface area (Å²) in [5, 5.41) is 2.24. The first kappa shape index (κ1) is 4.28. The second-order valence-corrected chi connectivity index (χ2v) is 2.80. The summed E-state index contributed by atoms with van der Waals surface area (Å²) >= 11 is 0. The van der Waals surface area contributed by atoms with Gasteiger partial charge in [-0.15, -0.1) is 0 Å². The van der Waals surface area contributed by atoms with Crippen molar-refractivity contribution in [1.29, 1.82) is 0 Å². The molecule has 4 heterocycles. The second kappa shape index (κ2) is 0.993. The third-order valence-electron chi connectivity index (χ3n) is 2.19. The quantitative estimate of drug-likeness (QED) is 0.386. The summed E-state index contributed by atoms with van der Waals surface area (Å²) in [6, 6.07) is 3.98. The normalized spacial score (nSPS) is 14.2. The Morgan fingerprint density at radius 2 is 2.09 bits per heavy atom. The summed E-state index contributed by atoms with van der Waals surface area (Å²) in [6.45, 7) is 0. The number of ether oxygens (including phenoxy) is 1. The Bertz CT molecular complexity index is 545. The van der Waals surface area contributed by atoms with E-state index in [1.807, 2.05) is 12.1 Å². The molecule has 0 aliphatic carbocycles. The van der Waals surface area contributed by atoms with Crippen molar-refractivity contribution in [1.82, 2.24) is 4.98 Å². The first-order chi connectivity index (χ1) is 5.43. The predicted molar refractivity (Wildman–Crippen MR) is 39.3 cm³/mol. The van der Waals surface area contributed by atoms with E-state index in [2.05, 4.69) is 4.98 Å². The number of benzene rings is 1. The summed E-state index contributed by atoms with van der Waals surface area (Å²) in [6.07, 6.45) is 0. The van der Waals surface area contributed by atoms with E-state index >= 15 is 0 Å². The smallest absolute Gasteiger partial charge is 0.214 e. The molecule has 1 N–H and O–H groups in total. The molecule has 0 saturated carbocycles. The summed E-state index contributed by atoms with van der Waals surface area (Å²) in [7, 11) is 0. The lowest BCUT2D eigenvalue weighted by Gasteiger charge is -1.86. The van der Waals surface area contributed by atoms with E-state index in [1.54, 1.807) is 0 Å². The van der Waals surface area contributed by atoms with Crippen LogP contribution in [0.1, 0.15) is 0 Å². The lowest BCUT2D eigenvalue weighted by molar-refractivity contribution is 0.597. The van der Waals surface area contributed by atoms with Crippen LogP contribution in [0.3, 0.4) is 0 Å². The Morgan fingerprint density at radius 1 is 1.18 bits per heavy atom. The van der Waals surface area contributed by atoms with Crippen molar-refractivity contribution in [3.63, 3.8) is 0 Å². The molecule has 0 fully saturated rings. The van der Waals surface area contributed by atoms with Crippen LogP contribution in [0.15, 0.2) is 16.5 Å². The molecule has 11 heavy (non-hydrogen) atoms. The zero-order valence-corrected chi connectivity index (χ0v) is 5.47. The van der Waals surface area contributed by atoms with E-state index in [1.165, 1.54) is 0 Å². The maximum atomic E-state index is 5.28. The van der Waals surface area contributed by atoms with Gasteiger partial charge in [0.2, 0.25) is 11.4 Å². The topological polar surface area (TPSA) is 41.5 Å². The lowest BCUT2D eigenvalue weighted by atomic mass is 10.2. The van der Waals surface area contributed by atoms with E-state index in [-0.39, 0.29) is 0 Å². The van der Waals surface area contributed by atoms with Gasteiger partial charge in [0.15, 0.2) is 11.5 Å². The van der Waals surface area contributed by atoms with Crippen LogP contribution in [0.4, 0.5) is 0 Å². The molecule has 0 amide bonds. The van der Waals surface area contributed by atoms with Crippen molar-refractivity contribution in [2.45, 2.75) is 0 Å². The Balaban J connectivity index is 2.53. The standard InChI is InChI=1S/C8H3NO2/c1-2-4-6(10-4)5-3(1)7-9-8(5)11-7/h1-2,9H. The van der Waals surface area contributed by atoms with Crippen molar-refractivity contribution >= 4 is 22.2 Å². The maximum absolute atomic E-state index is 5.28. The van der Waals surface area contributed by atoms with Gasteiger partial charge in [-0.3, -0.25) is 4.98 Å². The van der Waals surface area contributed by atoms with Gasteiger partial charge in [0, 0.05) is 0 Å². The molecule has 0 saturated heterocycles. The number of H-pyrrole nitrogens is 1. The summed E-state index contributed by atoms with van der Waals surface area (Å²) in [4.78, 5) is 3.09. The maximum Gasteiger partial charge on any atom is 0.214 e. The predicted octanol–water partition coefficient (Wildman–Crippen LogP) is 2.46. The van der Waals surface area contributed by atoms with E-state index in [9.17, 15) is 0 Å². The van der Waals surface area contributed by atoms with Gasteiger partial charge in [-0.25, -0.2) is 0 Å². The average molecular weight is 145 g/mol. The highest BCUT2D eigenvalue weighted by molar-refractivity contribution is 6.12. The molecule has 1 aromatic carbocycles. The second-order valence-electron chi connectivity index (χ2n) is 2.80. The summed E-state index contributed by atoms with van der Waals surface area (Å²) < 4.78 is 10.5. The Morgan fingerprint density at radius 3 is 3.00 bits per heavy atom. The van der Waals surface area contributed by atoms with Gasteiger partial charge in [0.25, 0.3) is 0 Å². The first-order valence-electron chi connectivity index (χ1n) is 3.48. The number of aromatic nitrogens is 1. The van der Waals surface area contributed by atoms with Crippen molar-refractivity contribution in [3.05, 3.63) is 12.1 Å². The molecule has 4 aromatic rings. The molecule has 0 radical (unpaired) electrons. The van der Waals surface area contributed by atoms with Gasteiger partial charge < -0.3 is 9.15 Å². The number of rotatable bonds is 0. The van der Waals surface area contributed by atoms with Crippen LogP contribution >= 0.6 is 0 Å². The van der Waals surface area contributed by atoms with Crippen LogP contribution in [-0.4, -0.2) is 4.98 Å². The zero-order chi connectivity index (χ0) is 7.00. The Labute approximate surface area is 60.9 Å². The van der Waals surface area contributed by atoms with Gasteiger partial charge >= 0.3 is 0 Å². The van der Waals surface area contributed by atoms with Crippen molar-refractivity contribution in [2.24, 2.45) is 0 Å². The summed E-state index contributed by atoms with van der Waals surface area (Å²) in [5.41, 5.74) is 1.72. The molecule has 1 aliphatic heterocycles. The average Bonchev–Trinajstić information content (AvgIpc) is 2.52. The molecule has 3 aromatic heterocycles. The highest BCUT2D eigenvalue weighted by Crippen LogP contribution is 2.54. The van der Waals surface area contributed by atoms with Gasteiger partial charge in [-0.1, -0.05) is 0 Å². The minimum atomic E-state index is 0.851. The molecule has 1 aliphatic rings. The number of furan rings is 1. The fraction of sp³-hybridized carbons (Fsp3) is 0. The minimum absolute atomic E-state index is 0.851. The van der Waals surface area contributed by atoms with Gasteiger partial charge in [-0.05, 0) is 12.1 Å². The number of aromatic amines is 1. The van der Waals surface area contributed by atoms with Crippen LogP contribution in [0.5, 0.6) is 11.5 Å². The zero-order valence-electron chi connectivity index (χ0n) is 5.47. The molecule has 0 unspecified atom stereocenters. The third kappa shape index (κ3) is 0.304. The fourth-order valence-electron chi connectivity index (χ4n) is 1.59. The van der Waals surface area contributed by atoms with Crippen molar-refractivity contribution in [3.8, 4) is 11.5 Å². The van der Waals surface area contributed by atoms with Crippen molar-refractivity contribution in [2.75, 3.05) is 0 Å². The highest BCUT2D eigenvalue weighted by Gasteiger charge is 2.29. The van der Waals surface area contributed by atoms with Crippen molar-refractivity contribution < 1.29 is 9.15 Å². The molecule has 3 heteroatoms. The highest BCUT2D eigenvalue weighted by atomic mass is 16.6. The summed E-state index contributed by atoms with van der Waals surface area (Å²) in [5.74, 6) is 1.97. The number of hydrogen-bond acceptors (Lipinski definition) is 2. The number of fused-ring (bicyclic) bond motifs is 1. The fourth-order valence-corrected chi connectivity index (χ4v) is 1.59. The SMILES string of the molecule is c1cc2c3[nH]c(o3)c2c2c1O2. The molecule has 0 spiro atoms. The van der Waals surface area contributed by atoms with Crippen LogP contribution < -0.4 is 4.74 Å². The number of hydrogen-bond donors (Lipinski definition) is 1. The van der Waals surface area contributed by atoms with Gasteiger partial charge in [0.1, 0.15) is 0 Å². The van der Waals surface area contributed by atoms with Crippen LogP contribution in [0.25, 0.3) is 22.2 Å². The molecule has 0 atom stereocenters. The monoisotopic (exact) mass is 145 g/mol. The lowest BCUT2D eigenvalue weighted by Crippen LogP contribution is -1.69. The van der Waals surface area contributed by atoms with E-state index in [4.69, 9.17) is 9.15 Å². The van der Waals surface area contributed by atoms with Crippen LogP contribution in [-0.2, 0) is 0 Å². The molecule has 2 bridgehead atoms. The third-order valence-corrected chi connectivity index (χ3v) is 2.19. The first-order valence-corrected chi connectivity index (χ1v) is 3.48. The molecule has 3 nitrogen and oxygen atoms in total. The molecular weight excluding hydrogens is 142 g/mol. The molecule has 52 valence electrons. The largest absolute Gasteiger partial charge is 0.449 e. The van der Waals surface area contributed by atoms with Gasteiger partial charge in [-0.2, -0.15) is 0 Å². The van der Waals surface area contributed by atoms with Crippen LogP contribution in [0, 0.1) is 0 Å². The van der Waals surface area contributed by atoms with E-state index in [0.717, 1.165) is 33.7 Å². The Kier molecular flexibility index (Phi) is 0.386. The van der Waals surface area contributed by atoms with Crippen LogP contribution in [0.2, 0.25) is 0 Å². The molecule has 5 rings (SSSR count). The van der Waals surface area contributed by atoms with E-state index in [0.29, 0.717) is 0 Å². The van der Waals surface area contributed by atoms with E-state index < -0.39 is 0 Å². The minimum Gasteiger partial charge on any atom is -0.449 e. The number of nitrogens with one attached hydrogen (secondary N) is 1.